The summed E-state index contributed by atoms with van der Waals surface area (Å²) in [7, 11) is 0. The van der Waals surface area contributed by atoms with Gasteiger partial charge in [-0.3, -0.25) is 19.5 Å². The Hall–Kier alpha value is -4.57. The van der Waals surface area contributed by atoms with E-state index in [1.54, 1.807) is 51.1 Å². The second-order valence-corrected chi connectivity index (χ2v) is 10.2. The van der Waals surface area contributed by atoms with Gasteiger partial charge >= 0.3 is 5.97 Å². The van der Waals surface area contributed by atoms with Crippen LogP contribution >= 0.6 is 11.3 Å². The molecule has 1 aliphatic rings. The van der Waals surface area contributed by atoms with Crippen molar-refractivity contribution in [3.63, 3.8) is 0 Å². The second kappa shape index (κ2) is 10.3. The van der Waals surface area contributed by atoms with Crippen molar-refractivity contribution in [2.45, 2.75) is 33.7 Å². The fourth-order valence-electron chi connectivity index (χ4n) is 4.56. The normalized spacial score (nSPS) is 15.2. The number of nitro benzene ring substituents is 1. The van der Waals surface area contributed by atoms with Crippen molar-refractivity contribution < 1.29 is 18.9 Å². The van der Waals surface area contributed by atoms with E-state index in [0.29, 0.717) is 37.7 Å². The van der Waals surface area contributed by atoms with E-state index in [1.807, 2.05) is 31.2 Å². The highest BCUT2D eigenvalue weighted by Gasteiger charge is 2.33. The van der Waals surface area contributed by atoms with E-state index in [2.05, 4.69) is 4.99 Å². The number of allylic oxidation sites excluding steroid dienone is 1. The monoisotopic (exact) mass is 543 g/mol. The van der Waals surface area contributed by atoms with Gasteiger partial charge < -0.3 is 9.15 Å². The van der Waals surface area contributed by atoms with Gasteiger partial charge in [-0.05, 0) is 57.0 Å². The van der Waals surface area contributed by atoms with Crippen LogP contribution in [0.1, 0.15) is 42.3 Å². The molecule has 0 saturated carbocycles. The lowest BCUT2D eigenvalue weighted by Crippen LogP contribution is -2.39. The molecule has 0 fully saturated rings. The summed E-state index contributed by atoms with van der Waals surface area (Å²) in [6.07, 6.45) is 1.59. The Morgan fingerprint density at radius 2 is 1.85 bits per heavy atom. The molecule has 0 spiro atoms. The molecular weight excluding hydrogens is 518 g/mol. The standard InChI is InChI=1S/C29H25N3O6S/c1-5-37-28(34)25-18(4)30-29-31(26(25)19-9-6-16(2)7-10-19)27(33)24(39-29)15-20-11-13-23(38-20)21-12-8-17(3)14-22(21)32(35)36/h6-15,26H,5H2,1-4H3/b24-15-/t26-/m1/s1. The number of carbonyl (C=O) groups excluding carboxylic acids is 1. The molecule has 3 heterocycles. The minimum Gasteiger partial charge on any atom is -0.463 e. The highest BCUT2D eigenvalue weighted by Crippen LogP contribution is 2.33. The number of nitrogens with zero attached hydrogens (tertiary/aromatic N) is 3. The SMILES string of the molecule is CCOC(=O)C1=C(C)N=c2s/c(=C\c3ccc(-c4ccc(C)cc4[N+](=O)[O-])o3)c(=O)n2[C@@H]1c1ccc(C)cc1. The Balaban J connectivity index is 1.63. The van der Waals surface area contributed by atoms with E-state index in [0.717, 1.165) is 16.7 Å². The van der Waals surface area contributed by atoms with Crippen LogP contribution in [0.2, 0.25) is 0 Å². The first-order chi connectivity index (χ1) is 18.7. The van der Waals surface area contributed by atoms with Crippen molar-refractivity contribution in [3.05, 3.63) is 118 Å². The zero-order chi connectivity index (χ0) is 27.8. The van der Waals surface area contributed by atoms with Gasteiger partial charge in [0.1, 0.15) is 11.5 Å². The number of hydrogen-bond acceptors (Lipinski definition) is 8. The average molecular weight is 544 g/mol. The Labute approximate surface area is 227 Å². The van der Waals surface area contributed by atoms with Crippen LogP contribution in [0.5, 0.6) is 0 Å². The summed E-state index contributed by atoms with van der Waals surface area (Å²) in [5, 5.41) is 11.6. The van der Waals surface area contributed by atoms with E-state index in [4.69, 9.17) is 9.15 Å². The number of furan rings is 1. The third kappa shape index (κ3) is 4.86. The summed E-state index contributed by atoms with van der Waals surface area (Å²) in [6, 6.07) is 15.1. The molecule has 5 rings (SSSR count). The van der Waals surface area contributed by atoms with Gasteiger partial charge in [0.15, 0.2) is 4.80 Å². The molecule has 10 heteroatoms. The van der Waals surface area contributed by atoms with Crippen LogP contribution in [0.25, 0.3) is 17.4 Å². The highest BCUT2D eigenvalue weighted by molar-refractivity contribution is 7.07. The number of aryl methyl sites for hydroxylation is 2. The summed E-state index contributed by atoms with van der Waals surface area (Å²) in [5.41, 5.74) is 3.32. The lowest BCUT2D eigenvalue weighted by molar-refractivity contribution is -0.384. The van der Waals surface area contributed by atoms with Gasteiger partial charge in [-0.25, -0.2) is 9.79 Å². The molecule has 0 saturated heterocycles. The van der Waals surface area contributed by atoms with E-state index >= 15 is 0 Å². The van der Waals surface area contributed by atoms with E-state index in [-0.39, 0.29) is 17.9 Å². The Morgan fingerprint density at radius 1 is 1.13 bits per heavy atom. The van der Waals surface area contributed by atoms with Crippen LogP contribution in [0, 0.1) is 24.0 Å². The van der Waals surface area contributed by atoms with Crippen LogP contribution in [-0.2, 0) is 9.53 Å². The quantitative estimate of drug-likeness (QED) is 0.200. The fourth-order valence-corrected chi connectivity index (χ4v) is 5.59. The second-order valence-electron chi connectivity index (χ2n) is 9.19. The van der Waals surface area contributed by atoms with Crippen molar-refractivity contribution in [1.29, 1.82) is 0 Å². The van der Waals surface area contributed by atoms with Crippen molar-refractivity contribution in [3.8, 4) is 11.3 Å². The number of fused-ring (bicyclic) bond motifs is 1. The number of thiazole rings is 1. The first-order valence-corrected chi connectivity index (χ1v) is 13.1. The molecule has 1 atom stereocenters. The van der Waals surface area contributed by atoms with Crippen molar-refractivity contribution in [2.24, 2.45) is 4.99 Å². The number of rotatable bonds is 6. The average Bonchev–Trinajstić information content (AvgIpc) is 3.48. The molecule has 39 heavy (non-hydrogen) atoms. The summed E-state index contributed by atoms with van der Waals surface area (Å²) in [5.74, 6) is 0.158. The van der Waals surface area contributed by atoms with Crippen LogP contribution in [0.3, 0.4) is 0 Å². The van der Waals surface area contributed by atoms with Crippen molar-refractivity contribution in [2.75, 3.05) is 6.61 Å². The molecule has 0 radical (unpaired) electrons. The van der Waals surface area contributed by atoms with Crippen LogP contribution in [0.4, 0.5) is 5.69 Å². The molecule has 0 unspecified atom stereocenters. The molecule has 1 aliphatic heterocycles. The topological polar surface area (TPSA) is 117 Å². The molecule has 0 aliphatic carbocycles. The molecule has 0 N–H and O–H groups in total. The van der Waals surface area contributed by atoms with Gasteiger partial charge in [-0.1, -0.05) is 47.2 Å². The number of aromatic nitrogens is 1. The minimum atomic E-state index is -0.703. The van der Waals surface area contributed by atoms with Crippen LogP contribution in [0.15, 0.2) is 80.1 Å². The summed E-state index contributed by atoms with van der Waals surface area (Å²) >= 11 is 1.18. The molecular formula is C29H25N3O6S. The van der Waals surface area contributed by atoms with Gasteiger partial charge in [-0.15, -0.1) is 0 Å². The zero-order valence-corrected chi connectivity index (χ0v) is 22.6. The number of hydrogen-bond donors (Lipinski definition) is 0. The molecule has 2 aromatic carbocycles. The number of benzene rings is 2. The maximum Gasteiger partial charge on any atom is 0.338 e. The summed E-state index contributed by atoms with van der Waals surface area (Å²) in [4.78, 5) is 42.9. The predicted octanol–water partition coefficient (Wildman–Crippen LogP) is 4.58. The lowest BCUT2D eigenvalue weighted by Gasteiger charge is -2.24. The Kier molecular flexibility index (Phi) is 6.88. The maximum atomic E-state index is 13.7. The Morgan fingerprint density at radius 3 is 2.54 bits per heavy atom. The van der Waals surface area contributed by atoms with Crippen LogP contribution < -0.4 is 14.9 Å². The van der Waals surface area contributed by atoms with E-state index in [9.17, 15) is 19.7 Å². The van der Waals surface area contributed by atoms with Crippen LogP contribution in [-0.4, -0.2) is 22.1 Å². The van der Waals surface area contributed by atoms with Crippen molar-refractivity contribution in [1.82, 2.24) is 4.57 Å². The highest BCUT2D eigenvalue weighted by atomic mass is 32.1. The smallest absolute Gasteiger partial charge is 0.338 e. The predicted molar refractivity (Wildman–Crippen MR) is 147 cm³/mol. The van der Waals surface area contributed by atoms with Gasteiger partial charge in [0.25, 0.3) is 11.2 Å². The molecule has 9 nitrogen and oxygen atoms in total. The van der Waals surface area contributed by atoms with E-state index < -0.39 is 16.9 Å². The largest absolute Gasteiger partial charge is 0.463 e. The number of carbonyl (C=O) groups is 1. The minimum absolute atomic E-state index is 0.0599. The summed E-state index contributed by atoms with van der Waals surface area (Å²) in [6.45, 7) is 7.40. The third-order valence-corrected chi connectivity index (χ3v) is 7.41. The molecule has 0 amide bonds. The first-order valence-electron chi connectivity index (χ1n) is 12.3. The number of ether oxygens (including phenoxy) is 1. The molecule has 198 valence electrons. The summed E-state index contributed by atoms with van der Waals surface area (Å²) < 4.78 is 13.1. The van der Waals surface area contributed by atoms with Gasteiger partial charge in [-0.2, -0.15) is 0 Å². The van der Waals surface area contributed by atoms with Gasteiger partial charge in [0.05, 0.1) is 38.9 Å². The van der Waals surface area contributed by atoms with Gasteiger partial charge in [0, 0.05) is 12.1 Å². The fraction of sp³-hybridized carbons (Fsp3) is 0.207. The van der Waals surface area contributed by atoms with Gasteiger partial charge in [0.2, 0.25) is 0 Å². The molecule has 4 aromatic rings. The maximum absolute atomic E-state index is 13.7. The van der Waals surface area contributed by atoms with E-state index in [1.165, 1.54) is 22.0 Å². The lowest BCUT2D eigenvalue weighted by atomic mass is 9.95. The molecule has 2 aromatic heterocycles. The van der Waals surface area contributed by atoms with Crippen molar-refractivity contribution >= 4 is 29.1 Å². The number of esters is 1. The third-order valence-electron chi connectivity index (χ3n) is 6.43. The number of nitro groups is 1. The first kappa shape index (κ1) is 26.1. The zero-order valence-electron chi connectivity index (χ0n) is 21.8. The Bertz CT molecular complexity index is 1830. The molecule has 0 bridgehead atoms.